The van der Waals surface area contributed by atoms with Crippen molar-refractivity contribution in [2.75, 3.05) is 6.54 Å². The molecule has 25 heavy (non-hydrogen) atoms. The summed E-state index contributed by atoms with van der Waals surface area (Å²) in [4.78, 5) is 14.5. The summed E-state index contributed by atoms with van der Waals surface area (Å²) < 4.78 is 17.1. The molecule has 2 aromatic heterocycles. The first-order chi connectivity index (χ1) is 12.0. The molecule has 1 amide bonds. The minimum Gasteiger partial charge on any atom is -0.334 e. The molecule has 0 radical (unpaired) electrons. The monoisotopic (exact) mass is 340 g/mol. The van der Waals surface area contributed by atoms with Crippen LogP contribution in [0.1, 0.15) is 21.6 Å². The number of rotatable bonds is 2. The Morgan fingerprint density at radius 2 is 2.12 bits per heavy atom. The molecule has 0 fully saturated rings. The Hall–Kier alpha value is -3.03. The second-order valence-electron chi connectivity index (χ2n) is 6.15. The van der Waals surface area contributed by atoms with Crippen LogP contribution in [0.25, 0.3) is 11.5 Å². The van der Waals surface area contributed by atoms with Gasteiger partial charge in [0.25, 0.3) is 5.91 Å². The Bertz CT molecular complexity index is 960. The summed E-state index contributed by atoms with van der Waals surface area (Å²) in [6, 6.07) is 5.78. The van der Waals surface area contributed by atoms with Crippen molar-refractivity contribution in [2.45, 2.75) is 13.0 Å². The van der Waals surface area contributed by atoms with Crippen molar-refractivity contribution in [1.82, 2.24) is 29.4 Å². The maximum Gasteiger partial charge on any atom is 0.254 e. The van der Waals surface area contributed by atoms with Crippen LogP contribution in [0.5, 0.6) is 0 Å². The van der Waals surface area contributed by atoms with Gasteiger partial charge in [0.05, 0.1) is 6.54 Å². The lowest BCUT2D eigenvalue weighted by Crippen LogP contribution is -2.36. The van der Waals surface area contributed by atoms with Crippen molar-refractivity contribution in [2.24, 2.45) is 14.1 Å². The SMILES string of the molecule is Cn1cnnc1-c1nn(C)c2c1CN(C(=O)c1cccc(F)c1)CC2. The third kappa shape index (κ3) is 2.59. The second kappa shape index (κ2) is 5.80. The maximum atomic E-state index is 13.4. The van der Waals surface area contributed by atoms with E-state index in [0.717, 1.165) is 17.0 Å². The molecule has 128 valence electrons. The van der Waals surface area contributed by atoms with Gasteiger partial charge >= 0.3 is 0 Å². The molecule has 3 aromatic rings. The number of nitrogens with zero attached hydrogens (tertiary/aromatic N) is 6. The molecule has 0 unspecified atom stereocenters. The number of hydrogen-bond acceptors (Lipinski definition) is 4. The van der Waals surface area contributed by atoms with E-state index in [-0.39, 0.29) is 5.91 Å². The summed E-state index contributed by atoms with van der Waals surface area (Å²) in [5.41, 5.74) is 3.14. The van der Waals surface area contributed by atoms with E-state index in [1.165, 1.54) is 12.1 Å². The van der Waals surface area contributed by atoms with E-state index in [4.69, 9.17) is 0 Å². The minimum absolute atomic E-state index is 0.182. The molecule has 1 aromatic carbocycles. The zero-order chi connectivity index (χ0) is 17.6. The highest BCUT2D eigenvalue weighted by Gasteiger charge is 2.29. The van der Waals surface area contributed by atoms with Gasteiger partial charge in [-0.1, -0.05) is 6.07 Å². The van der Waals surface area contributed by atoms with Gasteiger partial charge in [0.15, 0.2) is 5.82 Å². The summed E-state index contributed by atoms with van der Waals surface area (Å²) >= 11 is 0. The zero-order valence-electron chi connectivity index (χ0n) is 14.0. The Morgan fingerprint density at radius 3 is 2.84 bits per heavy atom. The number of carbonyl (C=O) groups excluding carboxylic acids is 1. The number of halogens is 1. The molecule has 0 saturated heterocycles. The Labute approximate surface area is 143 Å². The van der Waals surface area contributed by atoms with Gasteiger partial charge in [-0.25, -0.2) is 4.39 Å². The van der Waals surface area contributed by atoms with Crippen LogP contribution in [0.2, 0.25) is 0 Å². The summed E-state index contributed by atoms with van der Waals surface area (Å²) in [5, 5.41) is 12.6. The van der Waals surface area contributed by atoms with E-state index in [9.17, 15) is 9.18 Å². The van der Waals surface area contributed by atoms with Gasteiger partial charge < -0.3 is 9.47 Å². The number of hydrogen-bond donors (Lipinski definition) is 0. The van der Waals surface area contributed by atoms with Crippen molar-refractivity contribution in [3.63, 3.8) is 0 Å². The fourth-order valence-corrected chi connectivity index (χ4v) is 3.25. The van der Waals surface area contributed by atoms with Gasteiger partial charge in [-0.15, -0.1) is 10.2 Å². The highest BCUT2D eigenvalue weighted by Crippen LogP contribution is 2.29. The fourth-order valence-electron chi connectivity index (χ4n) is 3.25. The predicted octanol–water partition coefficient (Wildman–Crippen LogP) is 1.55. The van der Waals surface area contributed by atoms with Gasteiger partial charge in [0.1, 0.15) is 17.8 Å². The summed E-state index contributed by atoms with van der Waals surface area (Å²) in [6.07, 6.45) is 2.31. The average molecular weight is 340 g/mol. The van der Waals surface area contributed by atoms with E-state index < -0.39 is 5.82 Å². The molecule has 3 heterocycles. The number of carbonyl (C=O) groups is 1. The van der Waals surface area contributed by atoms with Crippen molar-refractivity contribution in [3.8, 4) is 11.5 Å². The highest BCUT2D eigenvalue weighted by molar-refractivity contribution is 5.94. The molecule has 8 heteroatoms. The van der Waals surface area contributed by atoms with Crippen molar-refractivity contribution < 1.29 is 9.18 Å². The molecule has 1 aliphatic rings. The largest absolute Gasteiger partial charge is 0.334 e. The van der Waals surface area contributed by atoms with Crippen LogP contribution in [0.3, 0.4) is 0 Å². The van der Waals surface area contributed by atoms with Crippen molar-refractivity contribution in [3.05, 3.63) is 53.2 Å². The summed E-state index contributed by atoms with van der Waals surface area (Å²) in [5.74, 6) is 0.0690. The lowest BCUT2D eigenvalue weighted by atomic mass is 10.0. The van der Waals surface area contributed by atoms with Crippen LogP contribution in [0.15, 0.2) is 30.6 Å². The smallest absolute Gasteiger partial charge is 0.254 e. The van der Waals surface area contributed by atoms with Crippen LogP contribution < -0.4 is 0 Å². The standard InChI is InChI=1S/C17H17FN6O/c1-22-10-19-20-16(22)15-13-9-24(7-6-14(13)23(2)21-15)17(25)11-4-3-5-12(18)8-11/h3-5,8,10H,6-7,9H2,1-2H3. The molecular formula is C17H17FN6O. The maximum absolute atomic E-state index is 13.4. The Balaban J connectivity index is 1.69. The number of benzene rings is 1. The number of amides is 1. The van der Waals surface area contributed by atoms with Crippen LogP contribution in [-0.2, 0) is 27.1 Å². The summed E-state index contributed by atoms with van der Waals surface area (Å²) in [7, 11) is 3.75. The Morgan fingerprint density at radius 1 is 1.28 bits per heavy atom. The van der Waals surface area contributed by atoms with E-state index >= 15 is 0 Å². The van der Waals surface area contributed by atoms with Crippen LogP contribution in [0, 0.1) is 5.82 Å². The molecule has 1 aliphatic heterocycles. The first-order valence-corrected chi connectivity index (χ1v) is 7.98. The molecule has 0 bridgehead atoms. The van der Waals surface area contributed by atoms with Crippen molar-refractivity contribution in [1.29, 1.82) is 0 Å². The fraction of sp³-hybridized carbons (Fsp3) is 0.294. The average Bonchev–Trinajstić information content (AvgIpc) is 3.17. The quantitative estimate of drug-likeness (QED) is 0.710. The van der Waals surface area contributed by atoms with E-state index in [1.807, 2.05) is 18.8 Å². The molecule has 0 N–H and O–H groups in total. The van der Waals surface area contributed by atoms with Crippen LogP contribution in [0.4, 0.5) is 4.39 Å². The number of fused-ring (bicyclic) bond motifs is 1. The van der Waals surface area contributed by atoms with Crippen LogP contribution in [-0.4, -0.2) is 41.9 Å². The third-order valence-electron chi connectivity index (χ3n) is 4.52. The third-order valence-corrected chi connectivity index (χ3v) is 4.52. The van der Waals surface area contributed by atoms with E-state index in [0.29, 0.717) is 30.9 Å². The molecule has 0 spiro atoms. The van der Waals surface area contributed by atoms with E-state index in [1.54, 1.807) is 27.9 Å². The first-order valence-electron chi connectivity index (χ1n) is 7.98. The molecule has 0 aliphatic carbocycles. The minimum atomic E-state index is -0.412. The predicted molar refractivity (Wildman–Crippen MR) is 88.0 cm³/mol. The number of aromatic nitrogens is 5. The molecule has 4 rings (SSSR count). The lowest BCUT2D eigenvalue weighted by molar-refractivity contribution is 0.0733. The zero-order valence-corrected chi connectivity index (χ0v) is 14.0. The van der Waals surface area contributed by atoms with Crippen LogP contribution >= 0.6 is 0 Å². The van der Waals surface area contributed by atoms with Gasteiger partial charge in [0, 0.05) is 43.9 Å². The highest BCUT2D eigenvalue weighted by atomic mass is 19.1. The second-order valence-corrected chi connectivity index (χ2v) is 6.15. The van der Waals surface area contributed by atoms with E-state index in [2.05, 4.69) is 15.3 Å². The molecular weight excluding hydrogens is 323 g/mol. The molecule has 0 atom stereocenters. The van der Waals surface area contributed by atoms with Gasteiger partial charge in [0.2, 0.25) is 0 Å². The molecule has 7 nitrogen and oxygen atoms in total. The summed E-state index contributed by atoms with van der Waals surface area (Å²) in [6.45, 7) is 0.987. The topological polar surface area (TPSA) is 68.8 Å². The van der Waals surface area contributed by atoms with Gasteiger partial charge in [-0.2, -0.15) is 5.10 Å². The van der Waals surface area contributed by atoms with Gasteiger partial charge in [-0.05, 0) is 18.2 Å². The Kier molecular flexibility index (Phi) is 3.60. The molecule has 0 saturated carbocycles. The lowest BCUT2D eigenvalue weighted by Gasteiger charge is -2.27. The normalized spacial score (nSPS) is 13.8. The number of aryl methyl sites for hydroxylation is 2. The van der Waals surface area contributed by atoms with Gasteiger partial charge in [-0.3, -0.25) is 9.48 Å². The first kappa shape index (κ1) is 15.5. The van der Waals surface area contributed by atoms with Crippen molar-refractivity contribution >= 4 is 5.91 Å².